The molecule has 1 aliphatic rings. The SMILES string of the molecule is COCCn1c(C)cc([C@H]2[C@@H](c3ccccn3)NC(=S)N2c2ccc(OC)cc2OC)c1C. The molecule has 33 heavy (non-hydrogen) atoms. The number of aromatic nitrogens is 2. The Morgan fingerprint density at radius 2 is 1.88 bits per heavy atom. The molecule has 7 nitrogen and oxygen atoms in total. The maximum atomic E-state index is 5.87. The minimum atomic E-state index is -0.123. The summed E-state index contributed by atoms with van der Waals surface area (Å²) in [6.45, 7) is 5.72. The molecule has 0 bridgehead atoms. The second-order valence-electron chi connectivity index (χ2n) is 8.01. The van der Waals surface area contributed by atoms with Crippen LogP contribution in [0.25, 0.3) is 0 Å². The Bertz CT molecular complexity index is 1130. The van der Waals surface area contributed by atoms with Crippen molar-refractivity contribution in [1.82, 2.24) is 14.9 Å². The topological polar surface area (TPSA) is 60.8 Å². The van der Waals surface area contributed by atoms with Crippen LogP contribution in [0, 0.1) is 13.8 Å². The molecule has 0 unspecified atom stereocenters. The molecule has 3 heterocycles. The predicted molar refractivity (Wildman–Crippen MR) is 133 cm³/mol. The van der Waals surface area contributed by atoms with Crippen molar-refractivity contribution in [2.75, 3.05) is 32.8 Å². The van der Waals surface area contributed by atoms with Gasteiger partial charge in [0.2, 0.25) is 0 Å². The van der Waals surface area contributed by atoms with Crippen LogP contribution < -0.4 is 19.7 Å². The van der Waals surface area contributed by atoms with Crippen LogP contribution in [0.4, 0.5) is 5.69 Å². The molecule has 1 aliphatic heterocycles. The van der Waals surface area contributed by atoms with E-state index in [0.29, 0.717) is 17.5 Å². The van der Waals surface area contributed by atoms with E-state index in [-0.39, 0.29) is 12.1 Å². The van der Waals surface area contributed by atoms with Crippen molar-refractivity contribution < 1.29 is 14.2 Å². The molecule has 8 heteroatoms. The van der Waals surface area contributed by atoms with Gasteiger partial charge in [-0.05, 0) is 62.0 Å². The monoisotopic (exact) mass is 466 g/mol. The van der Waals surface area contributed by atoms with Crippen LogP contribution in [0.5, 0.6) is 11.5 Å². The Labute approximate surface area is 200 Å². The first-order valence-corrected chi connectivity index (χ1v) is 11.3. The zero-order chi connectivity index (χ0) is 23.5. The van der Waals surface area contributed by atoms with Gasteiger partial charge in [0.25, 0.3) is 0 Å². The number of nitrogens with one attached hydrogen (secondary N) is 1. The molecular weight excluding hydrogens is 436 g/mol. The number of methoxy groups -OCH3 is 3. The molecule has 1 saturated heterocycles. The summed E-state index contributed by atoms with van der Waals surface area (Å²) in [6, 6.07) is 13.8. The van der Waals surface area contributed by atoms with Crippen molar-refractivity contribution in [3.05, 3.63) is 71.3 Å². The van der Waals surface area contributed by atoms with Crippen molar-refractivity contribution in [3.63, 3.8) is 0 Å². The highest BCUT2D eigenvalue weighted by Gasteiger charge is 2.43. The van der Waals surface area contributed by atoms with Gasteiger partial charge < -0.3 is 29.0 Å². The normalized spacial score (nSPS) is 17.8. The molecule has 4 rings (SSSR count). The zero-order valence-corrected chi connectivity index (χ0v) is 20.5. The van der Waals surface area contributed by atoms with Crippen molar-refractivity contribution in [2.45, 2.75) is 32.5 Å². The average Bonchev–Trinajstić information content (AvgIpc) is 3.32. The van der Waals surface area contributed by atoms with Gasteiger partial charge in [0.05, 0.1) is 44.3 Å². The third-order valence-electron chi connectivity index (χ3n) is 6.19. The number of anilines is 1. The summed E-state index contributed by atoms with van der Waals surface area (Å²) in [5.41, 5.74) is 5.35. The van der Waals surface area contributed by atoms with Crippen molar-refractivity contribution in [1.29, 1.82) is 0 Å². The highest BCUT2D eigenvalue weighted by atomic mass is 32.1. The summed E-state index contributed by atoms with van der Waals surface area (Å²) in [6.07, 6.45) is 1.82. The van der Waals surface area contributed by atoms with Gasteiger partial charge >= 0.3 is 0 Å². The molecule has 1 aromatic carbocycles. The molecule has 3 aromatic rings. The van der Waals surface area contributed by atoms with E-state index in [1.165, 1.54) is 17.0 Å². The van der Waals surface area contributed by atoms with Crippen LogP contribution in [0.15, 0.2) is 48.7 Å². The standard InChI is InChI=1S/C25H30N4O3S/c1-16-14-19(17(2)28(16)12-13-30-3)24-23(20-8-6-7-11-26-20)27-25(33)29(24)21-10-9-18(31-4)15-22(21)32-5/h6-11,14-15,23-24H,12-13H2,1-5H3,(H,27,33)/t23-,24+/m1/s1. The third kappa shape index (κ3) is 4.28. The van der Waals surface area contributed by atoms with E-state index in [2.05, 4.69) is 39.7 Å². The predicted octanol–water partition coefficient (Wildman–Crippen LogP) is 4.34. The first-order chi connectivity index (χ1) is 16.0. The van der Waals surface area contributed by atoms with Crippen LogP contribution in [0.2, 0.25) is 0 Å². The molecule has 2 aromatic heterocycles. The first kappa shape index (κ1) is 23.1. The number of pyridine rings is 1. The van der Waals surface area contributed by atoms with Crippen molar-refractivity contribution in [2.24, 2.45) is 0 Å². The smallest absolute Gasteiger partial charge is 0.174 e. The molecule has 0 spiro atoms. The Balaban J connectivity index is 1.87. The summed E-state index contributed by atoms with van der Waals surface area (Å²) in [4.78, 5) is 6.78. The third-order valence-corrected chi connectivity index (χ3v) is 6.51. The number of hydrogen-bond acceptors (Lipinski definition) is 5. The van der Waals surface area contributed by atoms with Gasteiger partial charge in [0, 0.05) is 37.3 Å². The number of rotatable bonds is 8. The fraction of sp³-hybridized carbons (Fsp3) is 0.360. The van der Waals surface area contributed by atoms with Crippen LogP contribution in [-0.4, -0.2) is 42.6 Å². The Hall–Kier alpha value is -3.10. The van der Waals surface area contributed by atoms with Gasteiger partial charge in [-0.3, -0.25) is 4.98 Å². The van der Waals surface area contributed by atoms with E-state index in [9.17, 15) is 0 Å². The van der Waals surface area contributed by atoms with Crippen LogP contribution in [-0.2, 0) is 11.3 Å². The Kier molecular flexibility index (Phi) is 6.85. The van der Waals surface area contributed by atoms with Crippen LogP contribution >= 0.6 is 12.2 Å². The van der Waals surface area contributed by atoms with E-state index in [1.54, 1.807) is 21.3 Å². The lowest BCUT2D eigenvalue weighted by atomic mass is 9.96. The molecule has 2 atom stereocenters. The maximum absolute atomic E-state index is 5.87. The van der Waals surface area contributed by atoms with E-state index < -0.39 is 0 Å². The second-order valence-corrected chi connectivity index (χ2v) is 8.39. The molecule has 1 fully saturated rings. The van der Waals surface area contributed by atoms with Gasteiger partial charge in [-0.1, -0.05) is 6.07 Å². The van der Waals surface area contributed by atoms with Crippen LogP contribution in [0.3, 0.4) is 0 Å². The molecule has 0 amide bonds. The number of benzene rings is 1. The Morgan fingerprint density at radius 1 is 1.06 bits per heavy atom. The van der Waals surface area contributed by atoms with Gasteiger partial charge in [0.15, 0.2) is 5.11 Å². The van der Waals surface area contributed by atoms with Crippen molar-refractivity contribution in [3.8, 4) is 11.5 Å². The quantitative estimate of drug-likeness (QED) is 0.496. The van der Waals surface area contributed by atoms with Gasteiger partial charge in [-0.15, -0.1) is 0 Å². The highest BCUT2D eigenvalue weighted by Crippen LogP contribution is 2.46. The summed E-state index contributed by atoms with van der Waals surface area (Å²) in [7, 11) is 5.03. The summed E-state index contributed by atoms with van der Waals surface area (Å²) in [5, 5.41) is 4.15. The summed E-state index contributed by atoms with van der Waals surface area (Å²) >= 11 is 5.87. The summed E-state index contributed by atoms with van der Waals surface area (Å²) in [5.74, 6) is 1.42. The molecular formula is C25H30N4O3S. The largest absolute Gasteiger partial charge is 0.497 e. The lowest BCUT2D eigenvalue weighted by Gasteiger charge is -2.29. The summed E-state index contributed by atoms with van der Waals surface area (Å²) < 4.78 is 18.8. The fourth-order valence-electron chi connectivity index (χ4n) is 4.57. The molecule has 0 aliphatic carbocycles. The number of thiocarbonyl (C=S) groups is 1. The minimum absolute atomic E-state index is 0.114. The van der Waals surface area contributed by atoms with Gasteiger partial charge in [-0.25, -0.2) is 0 Å². The van der Waals surface area contributed by atoms with E-state index in [4.69, 9.17) is 26.4 Å². The lowest BCUT2D eigenvalue weighted by Crippen LogP contribution is -2.30. The second kappa shape index (κ2) is 9.80. The number of ether oxygens (including phenoxy) is 3. The average molecular weight is 467 g/mol. The first-order valence-electron chi connectivity index (χ1n) is 10.9. The van der Waals surface area contributed by atoms with E-state index in [1.807, 2.05) is 42.6 Å². The van der Waals surface area contributed by atoms with E-state index >= 15 is 0 Å². The Morgan fingerprint density at radius 3 is 2.55 bits per heavy atom. The van der Waals surface area contributed by atoms with Crippen molar-refractivity contribution >= 4 is 23.0 Å². The number of hydrogen-bond donors (Lipinski definition) is 1. The minimum Gasteiger partial charge on any atom is -0.497 e. The van der Waals surface area contributed by atoms with Gasteiger partial charge in [-0.2, -0.15) is 0 Å². The molecule has 0 saturated carbocycles. The molecule has 0 radical (unpaired) electrons. The highest BCUT2D eigenvalue weighted by molar-refractivity contribution is 7.80. The molecule has 174 valence electrons. The number of nitrogens with zero attached hydrogens (tertiary/aromatic N) is 3. The maximum Gasteiger partial charge on any atom is 0.174 e. The zero-order valence-electron chi connectivity index (χ0n) is 19.7. The van der Waals surface area contributed by atoms with Gasteiger partial charge in [0.1, 0.15) is 11.5 Å². The number of aryl methyl sites for hydroxylation is 1. The van der Waals surface area contributed by atoms with E-state index in [0.717, 1.165) is 23.7 Å². The molecule has 1 N–H and O–H groups in total. The van der Waals surface area contributed by atoms with Crippen LogP contribution in [0.1, 0.15) is 34.7 Å². The fourth-order valence-corrected chi connectivity index (χ4v) is 4.91. The lowest BCUT2D eigenvalue weighted by molar-refractivity contribution is 0.186.